The number of hydrogen-bond donors (Lipinski definition) is 2. The van der Waals surface area contributed by atoms with E-state index in [0.29, 0.717) is 12.5 Å². The normalized spacial score (nSPS) is 22.6. The molecule has 0 unspecified atom stereocenters. The second kappa shape index (κ2) is 6.22. The van der Waals surface area contributed by atoms with Crippen LogP contribution < -0.4 is 10.6 Å². The Morgan fingerprint density at radius 3 is 2.75 bits per heavy atom. The number of nitrogens with one attached hydrogen (secondary N) is 2. The summed E-state index contributed by atoms with van der Waals surface area (Å²) in [5.41, 5.74) is 0.845. The second-order valence-corrected chi connectivity index (χ2v) is 6.28. The number of pyridine rings is 1. The first-order valence-corrected chi connectivity index (χ1v) is 7.03. The maximum absolute atomic E-state index is 11.8. The van der Waals surface area contributed by atoms with Crippen LogP contribution >= 0.6 is 0 Å². The Bertz CT molecular complexity index is 442. The molecule has 0 bridgehead atoms. The molecule has 0 aromatic carbocycles. The number of urea groups is 1. The summed E-state index contributed by atoms with van der Waals surface area (Å²) < 4.78 is 5.80. The largest absolute Gasteiger partial charge is 0.377 e. The average Bonchev–Trinajstić information content (AvgIpc) is 2.86. The first-order chi connectivity index (χ1) is 9.47. The molecule has 2 N–H and O–H groups in total. The van der Waals surface area contributed by atoms with E-state index < -0.39 is 0 Å². The van der Waals surface area contributed by atoms with E-state index in [4.69, 9.17) is 4.74 Å². The number of aromatic nitrogens is 1. The fraction of sp³-hybridized carbons (Fsp3) is 0.600. The Morgan fingerprint density at radius 1 is 1.40 bits per heavy atom. The highest BCUT2D eigenvalue weighted by atomic mass is 16.5. The van der Waals surface area contributed by atoms with E-state index >= 15 is 0 Å². The van der Waals surface area contributed by atoms with Gasteiger partial charge in [0.1, 0.15) is 0 Å². The lowest BCUT2D eigenvalue weighted by molar-refractivity contribution is 0.00782. The lowest BCUT2D eigenvalue weighted by atomic mass is 9.81. The van der Waals surface area contributed by atoms with Gasteiger partial charge in [0, 0.05) is 37.2 Å². The van der Waals surface area contributed by atoms with Gasteiger partial charge in [-0.1, -0.05) is 20.8 Å². The van der Waals surface area contributed by atoms with Crippen molar-refractivity contribution in [1.29, 1.82) is 0 Å². The third kappa shape index (κ3) is 3.93. The lowest BCUT2D eigenvalue weighted by Gasteiger charge is -2.31. The van der Waals surface area contributed by atoms with Crippen LogP contribution in [0.3, 0.4) is 0 Å². The quantitative estimate of drug-likeness (QED) is 0.892. The summed E-state index contributed by atoms with van der Waals surface area (Å²) in [4.78, 5) is 15.8. The number of nitrogens with zero attached hydrogens (tertiary/aromatic N) is 1. The number of ether oxygens (including phenoxy) is 1. The van der Waals surface area contributed by atoms with Gasteiger partial charge in [-0.15, -0.1) is 0 Å². The molecule has 110 valence electrons. The number of carbonyl (C=O) groups excluding carboxylic acids is 1. The molecule has 2 atom stereocenters. The van der Waals surface area contributed by atoms with Gasteiger partial charge in [0.25, 0.3) is 0 Å². The van der Waals surface area contributed by atoms with E-state index in [0.717, 1.165) is 18.7 Å². The van der Waals surface area contributed by atoms with Crippen LogP contribution in [-0.4, -0.2) is 30.3 Å². The van der Waals surface area contributed by atoms with Crippen molar-refractivity contribution in [3.63, 3.8) is 0 Å². The topological polar surface area (TPSA) is 63.2 Å². The maximum Gasteiger partial charge on any atom is 0.319 e. The lowest BCUT2D eigenvalue weighted by Crippen LogP contribution is -2.40. The second-order valence-electron chi connectivity index (χ2n) is 6.28. The summed E-state index contributed by atoms with van der Waals surface area (Å²) in [6.07, 6.45) is 4.49. The van der Waals surface area contributed by atoms with Gasteiger partial charge in [0.15, 0.2) is 0 Å². The highest BCUT2D eigenvalue weighted by Crippen LogP contribution is 2.34. The maximum atomic E-state index is 11.8. The molecule has 5 nitrogen and oxygen atoms in total. The van der Waals surface area contributed by atoms with Gasteiger partial charge in [0.05, 0.1) is 6.10 Å². The first kappa shape index (κ1) is 14.8. The highest BCUT2D eigenvalue weighted by Gasteiger charge is 2.37. The van der Waals surface area contributed by atoms with Crippen molar-refractivity contribution in [2.75, 3.05) is 18.5 Å². The van der Waals surface area contributed by atoms with Gasteiger partial charge in [0.2, 0.25) is 0 Å². The molecule has 2 heterocycles. The van der Waals surface area contributed by atoms with Gasteiger partial charge in [-0.05, 0) is 24.0 Å². The number of anilines is 1. The van der Waals surface area contributed by atoms with Gasteiger partial charge in [-0.2, -0.15) is 0 Å². The van der Waals surface area contributed by atoms with E-state index in [-0.39, 0.29) is 17.6 Å². The molecule has 20 heavy (non-hydrogen) atoms. The Kier molecular flexibility index (Phi) is 4.60. The van der Waals surface area contributed by atoms with Crippen molar-refractivity contribution < 1.29 is 9.53 Å². The summed E-state index contributed by atoms with van der Waals surface area (Å²) in [5, 5.41) is 5.71. The van der Waals surface area contributed by atoms with E-state index in [1.165, 1.54) is 0 Å². The van der Waals surface area contributed by atoms with Crippen LogP contribution in [0, 0.1) is 11.3 Å². The Balaban J connectivity index is 1.81. The predicted molar refractivity (Wildman–Crippen MR) is 78.6 cm³/mol. The monoisotopic (exact) mass is 277 g/mol. The molecule has 1 aliphatic heterocycles. The predicted octanol–water partition coefficient (Wildman–Crippen LogP) is 2.65. The summed E-state index contributed by atoms with van der Waals surface area (Å²) in [6, 6.07) is 3.34. The molecule has 2 rings (SSSR count). The van der Waals surface area contributed by atoms with Crippen LogP contribution in [0.5, 0.6) is 0 Å². The van der Waals surface area contributed by atoms with Gasteiger partial charge < -0.3 is 15.4 Å². The molecule has 5 heteroatoms. The zero-order valence-electron chi connectivity index (χ0n) is 12.3. The minimum atomic E-state index is -0.184. The van der Waals surface area contributed by atoms with Crippen molar-refractivity contribution in [3.05, 3.63) is 24.5 Å². The Labute approximate surface area is 120 Å². The van der Waals surface area contributed by atoms with Crippen LogP contribution in [0.25, 0.3) is 0 Å². The molecule has 0 aliphatic carbocycles. The molecule has 0 saturated carbocycles. The summed E-state index contributed by atoms with van der Waals surface area (Å²) >= 11 is 0. The first-order valence-electron chi connectivity index (χ1n) is 7.03. The third-order valence-electron chi connectivity index (χ3n) is 3.53. The molecule has 0 radical (unpaired) electrons. The van der Waals surface area contributed by atoms with Crippen LogP contribution in [0.1, 0.15) is 27.2 Å². The van der Waals surface area contributed by atoms with E-state index in [2.05, 4.69) is 36.4 Å². The third-order valence-corrected chi connectivity index (χ3v) is 3.53. The fourth-order valence-corrected chi connectivity index (χ4v) is 2.63. The van der Waals surface area contributed by atoms with Crippen molar-refractivity contribution in [1.82, 2.24) is 10.3 Å². The zero-order valence-corrected chi connectivity index (χ0v) is 12.3. The van der Waals surface area contributed by atoms with Crippen molar-refractivity contribution in [2.24, 2.45) is 11.3 Å². The molecule has 1 aliphatic rings. The van der Waals surface area contributed by atoms with Gasteiger partial charge in [-0.3, -0.25) is 4.98 Å². The minimum absolute atomic E-state index is 0.102. The van der Waals surface area contributed by atoms with Crippen LogP contribution in [-0.2, 0) is 4.74 Å². The van der Waals surface area contributed by atoms with Gasteiger partial charge in [-0.25, -0.2) is 4.79 Å². The van der Waals surface area contributed by atoms with Gasteiger partial charge >= 0.3 is 6.03 Å². The highest BCUT2D eigenvalue weighted by molar-refractivity contribution is 5.89. The van der Waals surface area contributed by atoms with Crippen LogP contribution in [0.2, 0.25) is 0 Å². The number of amides is 2. The van der Waals surface area contributed by atoms with E-state index in [1.807, 2.05) is 0 Å². The Morgan fingerprint density at radius 2 is 2.10 bits per heavy atom. The molecule has 1 fully saturated rings. The zero-order chi connectivity index (χ0) is 14.6. The van der Waals surface area contributed by atoms with Crippen molar-refractivity contribution in [2.45, 2.75) is 33.3 Å². The SMILES string of the molecule is CC(C)(C)[C@H]1OCC[C@@H]1CNC(=O)Nc1ccncc1. The molecular weight excluding hydrogens is 254 g/mol. The van der Waals surface area contributed by atoms with Crippen molar-refractivity contribution >= 4 is 11.7 Å². The molecular formula is C15H23N3O2. The number of rotatable bonds is 3. The smallest absolute Gasteiger partial charge is 0.319 e. The molecule has 1 aromatic rings. The Hall–Kier alpha value is -1.62. The van der Waals surface area contributed by atoms with Crippen molar-refractivity contribution in [3.8, 4) is 0 Å². The van der Waals surface area contributed by atoms with E-state index in [1.54, 1.807) is 24.5 Å². The molecule has 1 saturated heterocycles. The summed E-state index contributed by atoms with van der Waals surface area (Å²) in [6.45, 7) is 7.94. The standard InChI is InChI=1S/C15H23N3O2/c1-15(2,3)13-11(6-9-20-13)10-17-14(19)18-12-4-7-16-8-5-12/h4-5,7-8,11,13H,6,9-10H2,1-3H3,(H2,16,17,18,19)/t11-,13+/m1/s1. The fourth-order valence-electron chi connectivity index (χ4n) is 2.63. The number of carbonyl (C=O) groups is 1. The van der Waals surface area contributed by atoms with E-state index in [9.17, 15) is 4.79 Å². The van der Waals surface area contributed by atoms with Crippen LogP contribution in [0.4, 0.5) is 10.5 Å². The minimum Gasteiger partial charge on any atom is -0.377 e. The molecule has 2 amide bonds. The number of hydrogen-bond acceptors (Lipinski definition) is 3. The summed E-state index contributed by atoms with van der Waals surface area (Å²) in [7, 11) is 0. The van der Waals surface area contributed by atoms with Crippen LogP contribution in [0.15, 0.2) is 24.5 Å². The summed E-state index contributed by atoms with van der Waals surface area (Å²) in [5.74, 6) is 0.373. The molecule has 0 spiro atoms. The average molecular weight is 277 g/mol. The molecule has 1 aromatic heterocycles.